The van der Waals surface area contributed by atoms with E-state index < -0.39 is 23.8 Å². The molecule has 0 rings (SSSR count). The van der Waals surface area contributed by atoms with Gasteiger partial charge in [-0.15, -0.1) is 0 Å². The molecule has 0 aliphatic rings. The largest absolute Gasteiger partial charge is 1.00 e. The summed E-state index contributed by atoms with van der Waals surface area (Å²) in [5.41, 5.74) is 0. The van der Waals surface area contributed by atoms with Crippen LogP contribution in [-0.2, 0) is 9.59 Å². The SMILES string of the molecule is CCC(C(=O)O)C(CC)C(=O)O.[H-].[K+]. The fraction of sp³-hybridized carbons (Fsp3) is 0.750. The summed E-state index contributed by atoms with van der Waals surface area (Å²) in [6.45, 7) is 3.37. The van der Waals surface area contributed by atoms with Crippen LogP contribution in [0.4, 0.5) is 0 Å². The molecule has 0 heterocycles. The Morgan fingerprint density at radius 1 is 1.08 bits per heavy atom. The van der Waals surface area contributed by atoms with Crippen molar-refractivity contribution in [2.75, 3.05) is 0 Å². The van der Waals surface area contributed by atoms with Crippen LogP contribution in [0.5, 0.6) is 0 Å². The number of hydrogen-bond acceptors (Lipinski definition) is 2. The minimum absolute atomic E-state index is 0. The van der Waals surface area contributed by atoms with Crippen LogP contribution in [0, 0.1) is 11.8 Å². The molecular weight excluding hydrogens is 199 g/mol. The van der Waals surface area contributed by atoms with E-state index in [1.165, 1.54) is 0 Å². The molecule has 0 amide bonds. The quantitative estimate of drug-likeness (QED) is 0.536. The molecule has 0 aromatic carbocycles. The average molecular weight is 214 g/mol. The summed E-state index contributed by atoms with van der Waals surface area (Å²) < 4.78 is 0. The van der Waals surface area contributed by atoms with Gasteiger partial charge in [0.15, 0.2) is 0 Å². The summed E-state index contributed by atoms with van der Waals surface area (Å²) >= 11 is 0. The third kappa shape index (κ3) is 5.12. The van der Waals surface area contributed by atoms with Crippen LogP contribution in [0.2, 0.25) is 0 Å². The summed E-state index contributed by atoms with van der Waals surface area (Å²) in [5, 5.41) is 17.3. The van der Waals surface area contributed by atoms with Gasteiger partial charge in [-0.3, -0.25) is 9.59 Å². The van der Waals surface area contributed by atoms with Gasteiger partial charge in [-0.1, -0.05) is 13.8 Å². The molecule has 5 heteroatoms. The second-order valence-corrected chi connectivity index (χ2v) is 2.71. The number of carboxylic acid groups (broad SMARTS) is 2. The molecule has 2 atom stereocenters. The van der Waals surface area contributed by atoms with Gasteiger partial charge in [-0.25, -0.2) is 0 Å². The first-order valence-electron chi connectivity index (χ1n) is 4.00. The number of carbonyl (C=O) groups is 2. The molecule has 13 heavy (non-hydrogen) atoms. The summed E-state index contributed by atoms with van der Waals surface area (Å²) in [5.74, 6) is -3.56. The molecule has 0 aliphatic carbocycles. The van der Waals surface area contributed by atoms with Crippen molar-refractivity contribution in [1.29, 1.82) is 0 Å². The molecule has 4 nitrogen and oxygen atoms in total. The van der Waals surface area contributed by atoms with Crippen LogP contribution in [0.1, 0.15) is 28.1 Å². The maximum Gasteiger partial charge on any atom is 1.00 e. The second kappa shape index (κ2) is 7.93. The van der Waals surface area contributed by atoms with E-state index in [0.29, 0.717) is 12.8 Å². The number of rotatable bonds is 5. The van der Waals surface area contributed by atoms with Crippen molar-refractivity contribution in [3.63, 3.8) is 0 Å². The minimum atomic E-state index is -1.02. The Kier molecular flexibility index (Phi) is 9.78. The molecular formula is C8H15KO4. The van der Waals surface area contributed by atoms with Crippen molar-refractivity contribution in [3.8, 4) is 0 Å². The van der Waals surface area contributed by atoms with Crippen molar-refractivity contribution >= 4 is 11.9 Å². The molecule has 0 spiro atoms. The molecule has 0 aromatic rings. The fourth-order valence-electron chi connectivity index (χ4n) is 1.26. The van der Waals surface area contributed by atoms with Crippen molar-refractivity contribution in [2.24, 2.45) is 11.8 Å². The molecule has 0 aliphatic heterocycles. The van der Waals surface area contributed by atoms with E-state index in [2.05, 4.69) is 0 Å². The van der Waals surface area contributed by atoms with Gasteiger partial charge >= 0.3 is 63.3 Å². The van der Waals surface area contributed by atoms with Crippen LogP contribution >= 0.6 is 0 Å². The Bertz CT molecular complexity index is 166. The Morgan fingerprint density at radius 3 is 1.38 bits per heavy atom. The van der Waals surface area contributed by atoms with Crippen LogP contribution in [-0.4, -0.2) is 22.2 Å². The first-order valence-corrected chi connectivity index (χ1v) is 4.00. The molecule has 0 aromatic heterocycles. The van der Waals surface area contributed by atoms with E-state index in [-0.39, 0.29) is 52.8 Å². The van der Waals surface area contributed by atoms with Gasteiger partial charge < -0.3 is 11.6 Å². The van der Waals surface area contributed by atoms with Gasteiger partial charge in [0, 0.05) is 0 Å². The van der Waals surface area contributed by atoms with E-state index in [9.17, 15) is 9.59 Å². The van der Waals surface area contributed by atoms with Gasteiger partial charge in [0.1, 0.15) is 0 Å². The monoisotopic (exact) mass is 214 g/mol. The Hall–Kier alpha value is 0.576. The van der Waals surface area contributed by atoms with Gasteiger partial charge in [0.05, 0.1) is 11.8 Å². The Balaban J connectivity index is -0.000000605. The smallest absolute Gasteiger partial charge is 1.00 e. The molecule has 2 N–H and O–H groups in total. The normalized spacial score (nSPS) is 14.0. The van der Waals surface area contributed by atoms with Crippen LogP contribution < -0.4 is 51.4 Å². The molecule has 0 radical (unpaired) electrons. The summed E-state index contributed by atoms with van der Waals surface area (Å²) in [6.07, 6.45) is 0.723. The number of carboxylic acids is 2. The second-order valence-electron chi connectivity index (χ2n) is 2.71. The number of aliphatic carboxylic acids is 2. The maximum absolute atomic E-state index is 10.6. The van der Waals surface area contributed by atoms with Crippen molar-refractivity contribution in [1.82, 2.24) is 0 Å². The summed E-state index contributed by atoms with van der Waals surface area (Å²) in [4.78, 5) is 21.1. The molecule has 0 fully saturated rings. The van der Waals surface area contributed by atoms with Crippen molar-refractivity contribution in [3.05, 3.63) is 0 Å². The van der Waals surface area contributed by atoms with Gasteiger partial charge in [0.25, 0.3) is 0 Å². The minimum Gasteiger partial charge on any atom is -1.00 e. The third-order valence-corrected chi connectivity index (χ3v) is 2.00. The van der Waals surface area contributed by atoms with Crippen LogP contribution in [0.15, 0.2) is 0 Å². The van der Waals surface area contributed by atoms with E-state index in [4.69, 9.17) is 10.2 Å². The Morgan fingerprint density at radius 2 is 1.31 bits per heavy atom. The van der Waals surface area contributed by atoms with Crippen molar-refractivity contribution < 1.29 is 72.6 Å². The topological polar surface area (TPSA) is 74.6 Å². The zero-order valence-corrected chi connectivity index (χ0v) is 11.4. The van der Waals surface area contributed by atoms with Gasteiger partial charge in [0.2, 0.25) is 0 Å². The van der Waals surface area contributed by atoms with Gasteiger partial charge in [-0.05, 0) is 12.8 Å². The zero-order chi connectivity index (χ0) is 9.72. The molecule has 72 valence electrons. The molecule has 0 saturated heterocycles. The third-order valence-electron chi connectivity index (χ3n) is 2.00. The van der Waals surface area contributed by atoms with Crippen LogP contribution in [0.25, 0.3) is 0 Å². The fourth-order valence-corrected chi connectivity index (χ4v) is 1.26. The van der Waals surface area contributed by atoms with E-state index >= 15 is 0 Å². The molecule has 0 bridgehead atoms. The van der Waals surface area contributed by atoms with E-state index in [1.54, 1.807) is 13.8 Å². The molecule has 0 saturated carbocycles. The summed E-state index contributed by atoms with van der Waals surface area (Å²) in [7, 11) is 0. The van der Waals surface area contributed by atoms with Gasteiger partial charge in [-0.2, -0.15) is 0 Å². The number of hydrogen-bond donors (Lipinski definition) is 2. The van der Waals surface area contributed by atoms with Crippen LogP contribution in [0.3, 0.4) is 0 Å². The predicted octanol–water partition coefficient (Wildman–Crippen LogP) is -1.68. The van der Waals surface area contributed by atoms with E-state index in [1.807, 2.05) is 0 Å². The van der Waals surface area contributed by atoms with Crippen molar-refractivity contribution in [2.45, 2.75) is 26.7 Å². The first kappa shape index (κ1) is 16.0. The van der Waals surface area contributed by atoms with E-state index in [0.717, 1.165) is 0 Å². The molecule has 2 unspecified atom stereocenters. The maximum atomic E-state index is 10.6. The zero-order valence-electron chi connectivity index (χ0n) is 9.28. The Labute approximate surface area is 122 Å². The average Bonchev–Trinajstić information content (AvgIpc) is 1.98. The first-order chi connectivity index (χ1) is 5.54. The summed E-state index contributed by atoms with van der Waals surface area (Å²) in [6, 6.07) is 0. The standard InChI is InChI=1S/C8H14O4.K.H/c1-3-5(7(9)10)6(4-2)8(11)12;;/h5-6H,3-4H2,1-2H3,(H,9,10)(H,11,12);;/q;+1;-1. The predicted molar refractivity (Wildman–Crippen MR) is 43.9 cm³/mol.